The molecule has 4 aromatic rings. The zero-order valence-corrected chi connectivity index (χ0v) is 23.6. The summed E-state index contributed by atoms with van der Waals surface area (Å²) >= 11 is 0. The lowest BCUT2D eigenvalue weighted by Gasteiger charge is -2.46. The maximum atomic E-state index is 10.3. The Morgan fingerprint density at radius 1 is 1.02 bits per heavy atom. The van der Waals surface area contributed by atoms with E-state index in [1.165, 1.54) is 0 Å². The van der Waals surface area contributed by atoms with Crippen molar-refractivity contribution in [1.82, 2.24) is 30.0 Å². The van der Waals surface area contributed by atoms with Crippen LogP contribution in [0.3, 0.4) is 0 Å². The van der Waals surface area contributed by atoms with E-state index in [1.807, 2.05) is 44.2 Å². The summed E-state index contributed by atoms with van der Waals surface area (Å²) in [5.74, 6) is 2.29. The zero-order valence-electron chi connectivity index (χ0n) is 23.6. The number of aliphatic hydroxyl groups excluding tert-OH is 1. The van der Waals surface area contributed by atoms with Crippen LogP contribution in [0, 0.1) is 0 Å². The van der Waals surface area contributed by atoms with Crippen LogP contribution in [0.1, 0.15) is 56.2 Å². The van der Waals surface area contributed by atoms with E-state index < -0.39 is 18.8 Å². The van der Waals surface area contributed by atoms with Gasteiger partial charge in [0.2, 0.25) is 5.95 Å². The molecule has 42 heavy (non-hydrogen) atoms. The van der Waals surface area contributed by atoms with Crippen molar-refractivity contribution < 1.29 is 19.3 Å². The average molecular weight is 568 g/mol. The fourth-order valence-corrected chi connectivity index (χ4v) is 6.24. The summed E-state index contributed by atoms with van der Waals surface area (Å²) in [4.78, 5) is 21.3. The molecule has 4 aliphatic heterocycles. The molecule has 0 spiro atoms. The van der Waals surface area contributed by atoms with Crippen LogP contribution in [0.25, 0.3) is 11.5 Å². The molecule has 3 saturated heterocycles. The van der Waals surface area contributed by atoms with Gasteiger partial charge in [0.1, 0.15) is 17.2 Å². The van der Waals surface area contributed by atoms with Crippen LogP contribution in [0.5, 0.6) is 0 Å². The fourth-order valence-electron chi connectivity index (χ4n) is 6.24. The standard InChI is InChI=1S/C29H33BN8O4/c1-28(2)23-20(30(40)42-28)8-9-22(33-23)34-27-31-16-19(24(35-27)32-21(17-39)18-6-4-3-5-7-18)25-36-26(37-41-25)29-10-13-38(14-11-29)15-12-29/h3-9,16,21,39-40H,10-15,17H2,1-2H3,(H2,31,32,33,34,35)/t21-/m1/s1. The van der Waals surface area contributed by atoms with Gasteiger partial charge in [-0.05, 0) is 64.4 Å². The minimum absolute atomic E-state index is 0.0611. The third-order valence-corrected chi connectivity index (χ3v) is 8.74. The molecule has 0 aliphatic carbocycles. The summed E-state index contributed by atoms with van der Waals surface area (Å²) in [6, 6.07) is 12.8. The third-order valence-electron chi connectivity index (χ3n) is 8.74. The number of anilines is 3. The summed E-state index contributed by atoms with van der Waals surface area (Å²) < 4.78 is 11.5. The van der Waals surface area contributed by atoms with Crippen molar-refractivity contribution in [3.63, 3.8) is 0 Å². The molecule has 4 N–H and O–H groups in total. The Bertz CT molecular complexity index is 1580. The van der Waals surface area contributed by atoms with Crippen LogP contribution in [0.15, 0.2) is 53.2 Å². The van der Waals surface area contributed by atoms with Gasteiger partial charge in [0, 0.05) is 17.1 Å². The summed E-state index contributed by atoms with van der Waals surface area (Å²) in [5, 5.41) is 31.5. The van der Waals surface area contributed by atoms with Gasteiger partial charge in [-0.2, -0.15) is 9.97 Å². The van der Waals surface area contributed by atoms with Gasteiger partial charge in [-0.1, -0.05) is 41.6 Å². The largest absolute Gasteiger partial charge is 0.493 e. The molecule has 13 heteroatoms. The maximum absolute atomic E-state index is 10.3. The molecule has 4 aliphatic rings. The number of piperidine rings is 3. The first-order chi connectivity index (χ1) is 20.3. The first kappa shape index (κ1) is 27.0. The van der Waals surface area contributed by atoms with Crippen molar-refractivity contribution in [3.05, 3.63) is 65.7 Å². The predicted octanol–water partition coefficient (Wildman–Crippen LogP) is 2.50. The number of aromatic nitrogens is 5. The van der Waals surface area contributed by atoms with Gasteiger partial charge in [0.05, 0.1) is 23.9 Å². The highest BCUT2D eigenvalue weighted by Crippen LogP contribution is 2.42. The van der Waals surface area contributed by atoms with Crippen LogP contribution in [-0.2, 0) is 15.7 Å². The maximum Gasteiger partial charge on any atom is 0.493 e. The van der Waals surface area contributed by atoms with Crippen LogP contribution < -0.4 is 16.1 Å². The molecule has 0 saturated carbocycles. The van der Waals surface area contributed by atoms with Gasteiger partial charge in [-0.3, -0.25) is 0 Å². The van der Waals surface area contributed by atoms with Crippen LogP contribution in [0.4, 0.5) is 17.6 Å². The second-order valence-electron chi connectivity index (χ2n) is 11.8. The van der Waals surface area contributed by atoms with E-state index >= 15 is 0 Å². The minimum Gasteiger partial charge on any atom is -0.423 e. The topological polar surface area (TPSA) is 155 Å². The number of pyridine rings is 1. The Labute approximate surface area is 243 Å². The fraction of sp³-hybridized carbons (Fsp3) is 0.414. The number of rotatable bonds is 8. The molecule has 3 fully saturated rings. The molecule has 2 bridgehead atoms. The number of benzene rings is 1. The second kappa shape index (κ2) is 10.4. The van der Waals surface area contributed by atoms with Crippen molar-refractivity contribution in [3.8, 4) is 11.5 Å². The lowest BCUT2D eigenvalue weighted by Crippen LogP contribution is -2.51. The van der Waals surface area contributed by atoms with E-state index in [2.05, 4.69) is 30.7 Å². The summed E-state index contributed by atoms with van der Waals surface area (Å²) in [6.07, 6.45) is 4.69. The van der Waals surface area contributed by atoms with Crippen molar-refractivity contribution in [1.29, 1.82) is 0 Å². The molecule has 3 aromatic heterocycles. The number of nitrogens with one attached hydrogen (secondary N) is 2. The summed E-state index contributed by atoms with van der Waals surface area (Å²) in [5.41, 5.74) is 1.92. The highest BCUT2D eigenvalue weighted by Gasteiger charge is 2.44. The van der Waals surface area contributed by atoms with E-state index in [9.17, 15) is 10.1 Å². The molecule has 0 radical (unpaired) electrons. The van der Waals surface area contributed by atoms with Crippen molar-refractivity contribution in [2.24, 2.45) is 0 Å². The molecule has 0 unspecified atom stereocenters. The lowest BCUT2D eigenvalue weighted by atomic mass is 9.71. The minimum atomic E-state index is -1.02. The monoisotopic (exact) mass is 568 g/mol. The quantitative estimate of drug-likeness (QED) is 0.231. The Morgan fingerprint density at radius 2 is 1.79 bits per heavy atom. The van der Waals surface area contributed by atoms with Crippen LogP contribution >= 0.6 is 0 Å². The molecule has 7 heterocycles. The number of fused-ring (bicyclic) bond motifs is 4. The molecule has 216 valence electrons. The summed E-state index contributed by atoms with van der Waals surface area (Å²) in [6.45, 7) is 6.71. The summed E-state index contributed by atoms with van der Waals surface area (Å²) in [7, 11) is -1.02. The highest BCUT2D eigenvalue weighted by molar-refractivity contribution is 6.61. The van der Waals surface area contributed by atoms with E-state index in [-0.39, 0.29) is 18.0 Å². The van der Waals surface area contributed by atoms with Crippen LogP contribution in [-0.4, -0.2) is 73.5 Å². The number of hydrogen-bond donors (Lipinski definition) is 4. The average Bonchev–Trinajstić information content (AvgIpc) is 3.60. The van der Waals surface area contributed by atoms with Gasteiger partial charge in [-0.25, -0.2) is 9.97 Å². The van der Waals surface area contributed by atoms with Crippen molar-refractivity contribution >= 4 is 30.2 Å². The first-order valence-electron chi connectivity index (χ1n) is 14.3. The Morgan fingerprint density at radius 3 is 2.52 bits per heavy atom. The lowest BCUT2D eigenvalue weighted by molar-refractivity contribution is 0.0747. The van der Waals surface area contributed by atoms with E-state index in [1.54, 1.807) is 18.3 Å². The Hall–Kier alpha value is -3.91. The van der Waals surface area contributed by atoms with Crippen molar-refractivity contribution in [2.75, 3.05) is 36.9 Å². The Kier molecular flexibility index (Phi) is 6.69. The number of aliphatic hydroxyl groups is 1. The molecule has 12 nitrogen and oxygen atoms in total. The molecule has 1 atom stereocenters. The molecule has 1 aromatic carbocycles. The van der Waals surface area contributed by atoms with Gasteiger partial charge in [0.15, 0.2) is 5.82 Å². The highest BCUT2D eigenvalue weighted by atomic mass is 16.5. The second-order valence-corrected chi connectivity index (χ2v) is 11.8. The smallest absolute Gasteiger partial charge is 0.423 e. The van der Waals surface area contributed by atoms with E-state index in [4.69, 9.17) is 19.1 Å². The van der Waals surface area contributed by atoms with Gasteiger partial charge in [0.25, 0.3) is 5.89 Å². The number of nitrogens with zero attached hydrogens (tertiary/aromatic N) is 6. The van der Waals surface area contributed by atoms with E-state index in [0.29, 0.717) is 34.2 Å². The molecular weight excluding hydrogens is 535 g/mol. The van der Waals surface area contributed by atoms with E-state index in [0.717, 1.165) is 50.3 Å². The molecule has 8 rings (SSSR count). The number of hydrogen-bond acceptors (Lipinski definition) is 12. The van der Waals surface area contributed by atoms with Crippen molar-refractivity contribution in [2.45, 2.75) is 50.2 Å². The van der Waals surface area contributed by atoms with Gasteiger partial charge in [-0.15, -0.1) is 0 Å². The SMILES string of the molecule is CC1(C)OB(O)c2ccc(Nc3ncc(-c4nc(C56CCN(CC5)CC6)no4)c(N[C@H](CO)c4ccccc4)n3)nc21. The first-order valence-corrected chi connectivity index (χ1v) is 14.3. The molecular formula is C29H33BN8O4. The predicted molar refractivity (Wildman–Crippen MR) is 156 cm³/mol. The van der Waals surface area contributed by atoms with Gasteiger partial charge < -0.3 is 34.8 Å². The van der Waals surface area contributed by atoms with Crippen LogP contribution in [0.2, 0.25) is 0 Å². The third kappa shape index (κ3) is 4.81. The Balaban J connectivity index is 1.23. The van der Waals surface area contributed by atoms with Gasteiger partial charge >= 0.3 is 7.12 Å². The normalized spacial score (nSPS) is 23.0. The zero-order chi connectivity index (χ0) is 28.9. The molecule has 0 amide bonds.